The molecule has 1 saturated heterocycles. The Balaban J connectivity index is 1.92. The van der Waals surface area contributed by atoms with E-state index in [2.05, 4.69) is 24.1 Å². The Hall–Kier alpha value is -1.75. The molecule has 23 heavy (non-hydrogen) atoms. The highest BCUT2D eigenvalue weighted by molar-refractivity contribution is 5.94. The van der Waals surface area contributed by atoms with Gasteiger partial charge in [0.25, 0.3) is 5.91 Å². The molecule has 0 unspecified atom stereocenters. The van der Waals surface area contributed by atoms with Gasteiger partial charge in [-0.2, -0.15) is 0 Å². The third-order valence-corrected chi connectivity index (χ3v) is 4.48. The van der Waals surface area contributed by atoms with Crippen molar-refractivity contribution in [3.05, 3.63) is 23.8 Å². The summed E-state index contributed by atoms with van der Waals surface area (Å²) < 4.78 is 10.4. The molecule has 0 spiro atoms. The van der Waals surface area contributed by atoms with E-state index in [9.17, 15) is 4.79 Å². The number of nitrogens with zero attached hydrogens (tertiary/aromatic N) is 1. The number of hydrogen-bond acceptors (Lipinski definition) is 4. The van der Waals surface area contributed by atoms with Crippen LogP contribution in [0.2, 0.25) is 0 Å². The van der Waals surface area contributed by atoms with Crippen LogP contribution in [0.5, 0.6) is 11.5 Å². The van der Waals surface area contributed by atoms with Gasteiger partial charge in [0.15, 0.2) is 11.5 Å². The maximum absolute atomic E-state index is 12.3. The summed E-state index contributed by atoms with van der Waals surface area (Å²) in [6.07, 6.45) is 2.38. The molecule has 1 aromatic carbocycles. The lowest BCUT2D eigenvalue weighted by Crippen LogP contribution is -2.43. The average Bonchev–Trinajstić information content (AvgIpc) is 2.59. The largest absolute Gasteiger partial charge is 0.493 e. The van der Waals surface area contributed by atoms with E-state index >= 15 is 0 Å². The predicted octanol–water partition coefficient (Wildman–Crippen LogP) is 2.55. The van der Waals surface area contributed by atoms with E-state index in [1.165, 1.54) is 12.8 Å². The van der Waals surface area contributed by atoms with Crippen molar-refractivity contribution < 1.29 is 14.3 Å². The summed E-state index contributed by atoms with van der Waals surface area (Å²) in [5.41, 5.74) is 0.596. The number of amides is 1. The summed E-state index contributed by atoms with van der Waals surface area (Å²) in [5.74, 6) is 1.66. The lowest BCUT2D eigenvalue weighted by atomic mass is 9.97. The minimum absolute atomic E-state index is 0.0624. The first-order valence-electron chi connectivity index (χ1n) is 8.29. The molecule has 0 saturated carbocycles. The number of methoxy groups -OCH3 is 2. The zero-order chi connectivity index (χ0) is 16.8. The number of nitrogens with one attached hydrogen (secondary N) is 1. The summed E-state index contributed by atoms with van der Waals surface area (Å²) in [5, 5.41) is 3.05. The fraction of sp³-hybridized carbons (Fsp3) is 0.611. The smallest absolute Gasteiger partial charge is 0.251 e. The first-order chi connectivity index (χ1) is 11.0. The molecule has 1 aliphatic rings. The van der Waals surface area contributed by atoms with E-state index in [1.807, 2.05) is 0 Å². The number of rotatable bonds is 6. The van der Waals surface area contributed by atoms with Crippen LogP contribution in [-0.2, 0) is 0 Å². The molecule has 1 heterocycles. The zero-order valence-electron chi connectivity index (χ0n) is 14.6. The molecule has 0 radical (unpaired) electrons. The van der Waals surface area contributed by atoms with E-state index in [0.717, 1.165) is 19.6 Å². The number of likely N-dealkylation sites (tertiary alicyclic amines) is 1. The topological polar surface area (TPSA) is 50.8 Å². The van der Waals surface area contributed by atoms with Gasteiger partial charge in [0.1, 0.15) is 0 Å². The number of carbonyl (C=O) groups excluding carboxylic acids is 1. The van der Waals surface area contributed by atoms with Gasteiger partial charge in [-0.05, 0) is 57.4 Å². The Morgan fingerprint density at radius 2 is 2.04 bits per heavy atom. The van der Waals surface area contributed by atoms with Gasteiger partial charge in [-0.15, -0.1) is 0 Å². The Morgan fingerprint density at radius 3 is 2.70 bits per heavy atom. The van der Waals surface area contributed by atoms with Crippen LogP contribution < -0.4 is 14.8 Å². The van der Waals surface area contributed by atoms with E-state index in [0.29, 0.717) is 29.0 Å². The summed E-state index contributed by atoms with van der Waals surface area (Å²) in [7, 11) is 3.16. The van der Waals surface area contributed by atoms with Crippen molar-refractivity contribution >= 4 is 5.91 Å². The number of piperidine rings is 1. The summed E-state index contributed by atoms with van der Waals surface area (Å²) in [4.78, 5) is 14.8. The van der Waals surface area contributed by atoms with Gasteiger partial charge in [-0.25, -0.2) is 0 Å². The molecular formula is C18H28N2O3. The van der Waals surface area contributed by atoms with Crippen molar-refractivity contribution in [3.63, 3.8) is 0 Å². The third-order valence-electron chi connectivity index (χ3n) is 4.48. The Bertz CT molecular complexity index is 531. The van der Waals surface area contributed by atoms with E-state index in [-0.39, 0.29) is 5.91 Å². The maximum atomic E-state index is 12.3. The van der Waals surface area contributed by atoms with Crippen LogP contribution in [0.15, 0.2) is 18.2 Å². The van der Waals surface area contributed by atoms with E-state index < -0.39 is 0 Å². The molecular weight excluding hydrogens is 292 g/mol. The minimum atomic E-state index is -0.0624. The van der Waals surface area contributed by atoms with Crippen molar-refractivity contribution in [2.24, 2.45) is 5.92 Å². The van der Waals surface area contributed by atoms with Crippen molar-refractivity contribution in [3.8, 4) is 11.5 Å². The first kappa shape index (κ1) is 17.6. The summed E-state index contributed by atoms with van der Waals surface area (Å²) in [6, 6.07) is 5.81. The molecule has 5 nitrogen and oxygen atoms in total. The molecule has 1 aliphatic heterocycles. The molecule has 1 amide bonds. The number of benzene rings is 1. The Labute approximate surface area is 139 Å². The van der Waals surface area contributed by atoms with Crippen LogP contribution in [0.1, 0.15) is 37.0 Å². The monoisotopic (exact) mass is 320 g/mol. The van der Waals surface area contributed by atoms with Crippen LogP contribution in [0.25, 0.3) is 0 Å². The highest BCUT2D eigenvalue weighted by Gasteiger charge is 2.22. The quantitative estimate of drug-likeness (QED) is 0.875. The fourth-order valence-corrected chi connectivity index (χ4v) is 3.05. The normalized spacial score (nSPS) is 18.7. The van der Waals surface area contributed by atoms with E-state index in [4.69, 9.17) is 9.47 Å². The van der Waals surface area contributed by atoms with Gasteiger partial charge in [0.05, 0.1) is 14.2 Å². The van der Waals surface area contributed by atoms with Gasteiger partial charge < -0.3 is 19.7 Å². The third kappa shape index (κ3) is 4.61. The van der Waals surface area contributed by atoms with Crippen LogP contribution in [-0.4, -0.2) is 50.7 Å². The minimum Gasteiger partial charge on any atom is -0.493 e. The molecule has 0 aromatic heterocycles. The SMILES string of the molecule is COc1ccc(C(=O)NC[C@H]2CCCN(C(C)C)C2)cc1OC. The van der Waals surface area contributed by atoms with Crippen molar-refractivity contribution in [2.45, 2.75) is 32.7 Å². The standard InChI is InChI=1S/C18H28N2O3/c1-13(2)20-9-5-6-14(12-20)11-19-18(21)15-7-8-16(22-3)17(10-15)23-4/h7-8,10,13-14H,5-6,9,11-12H2,1-4H3,(H,19,21)/t14-/m1/s1. The van der Waals surface area contributed by atoms with Crippen LogP contribution in [0.4, 0.5) is 0 Å². The van der Waals surface area contributed by atoms with Crippen molar-refractivity contribution in [1.82, 2.24) is 10.2 Å². The second-order valence-corrected chi connectivity index (χ2v) is 6.38. The van der Waals surface area contributed by atoms with Crippen molar-refractivity contribution in [2.75, 3.05) is 33.9 Å². The molecule has 128 valence electrons. The van der Waals surface area contributed by atoms with Crippen LogP contribution in [0.3, 0.4) is 0 Å². The average molecular weight is 320 g/mol. The van der Waals surface area contributed by atoms with Crippen LogP contribution in [0, 0.1) is 5.92 Å². The lowest BCUT2D eigenvalue weighted by Gasteiger charge is -2.35. The van der Waals surface area contributed by atoms with Gasteiger partial charge in [0, 0.05) is 24.7 Å². The Kier molecular flexibility index (Phi) is 6.28. The Morgan fingerprint density at radius 1 is 1.30 bits per heavy atom. The number of ether oxygens (including phenoxy) is 2. The molecule has 1 aromatic rings. The highest BCUT2D eigenvalue weighted by atomic mass is 16.5. The number of hydrogen-bond donors (Lipinski definition) is 1. The molecule has 1 fully saturated rings. The molecule has 5 heteroatoms. The number of carbonyl (C=O) groups is 1. The molecule has 0 bridgehead atoms. The van der Waals surface area contributed by atoms with Crippen LogP contribution >= 0.6 is 0 Å². The molecule has 1 N–H and O–H groups in total. The van der Waals surface area contributed by atoms with Crippen molar-refractivity contribution in [1.29, 1.82) is 0 Å². The fourth-order valence-electron chi connectivity index (χ4n) is 3.05. The highest BCUT2D eigenvalue weighted by Crippen LogP contribution is 2.27. The summed E-state index contributed by atoms with van der Waals surface area (Å²) in [6.45, 7) is 7.40. The first-order valence-corrected chi connectivity index (χ1v) is 8.29. The second-order valence-electron chi connectivity index (χ2n) is 6.38. The predicted molar refractivity (Wildman–Crippen MR) is 91.3 cm³/mol. The molecule has 2 rings (SSSR count). The van der Waals surface area contributed by atoms with Gasteiger partial charge in [0.2, 0.25) is 0 Å². The van der Waals surface area contributed by atoms with Gasteiger partial charge >= 0.3 is 0 Å². The lowest BCUT2D eigenvalue weighted by molar-refractivity contribution is 0.0922. The maximum Gasteiger partial charge on any atom is 0.251 e. The van der Waals surface area contributed by atoms with E-state index in [1.54, 1.807) is 32.4 Å². The van der Waals surface area contributed by atoms with Gasteiger partial charge in [-0.3, -0.25) is 4.79 Å². The zero-order valence-corrected chi connectivity index (χ0v) is 14.6. The molecule has 0 aliphatic carbocycles. The van der Waals surface area contributed by atoms with Gasteiger partial charge in [-0.1, -0.05) is 0 Å². The summed E-state index contributed by atoms with van der Waals surface area (Å²) >= 11 is 0. The second kappa shape index (κ2) is 8.20. The molecule has 1 atom stereocenters.